The second-order valence-electron chi connectivity index (χ2n) is 6.98. The van der Waals surface area contributed by atoms with Crippen LogP contribution in [0.5, 0.6) is 0 Å². The fourth-order valence-corrected chi connectivity index (χ4v) is 4.76. The van der Waals surface area contributed by atoms with Gasteiger partial charge < -0.3 is 5.32 Å². The number of nitrogens with zero attached hydrogens (tertiary/aromatic N) is 2. The van der Waals surface area contributed by atoms with Gasteiger partial charge in [0.1, 0.15) is 10.5 Å². The lowest BCUT2D eigenvalue weighted by molar-refractivity contribution is -0.118. The monoisotopic (exact) mass is 453 g/mol. The Hall–Kier alpha value is -2.97. The molecule has 4 aromatic rings. The number of carbonyl (C=O) groups excluding carboxylic acids is 1. The third-order valence-electron chi connectivity index (χ3n) is 4.76. The summed E-state index contributed by atoms with van der Waals surface area (Å²) in [6, 6.07) is 16.2. The van der Waals surface area contributed by atoms with Crippen molar-refractivity contribution in [3.8, 4) is 5.69 Å². The number of amides is 1. The molecule has 0 saturated heterocycles. The van der Waals surface area contributed by atoms with Crippen LogP contribution in [0.4, 0.5) is 4.39 Å². The number of thioether (sulfide) groups is 1. The Bertz CT molecular complexity index is 1290. The predicted octanol–water partition coefficient (Wildman–Crippen LogP) is 4.35. The van der Waals surface area contributed by atoms with Gasteiger partial charge in [0.2, 0.25) is 5.91 Å². The minimum atomic E-state index is -0.339. The van der Waals surface area contributed by atoms with E-state index in [0.717, 1.165) is 12.0 Å². The molecule has 1 amide bonds. The van der Waals surface area contributed by atoms with Gasteiger partial charge in [-0.1, -0.05) is 42.1 Å². The molecule has 31 heavy (non-hydrogen) atoms. The van der Waals surface area contributed by atoms with Gasteiger partial charge in [-0.3, -0.25) is 14.2 Å². The van der Waals surface area contributed by atoms with Crippen molar-refractivity contribution in [2.24, 2.45) is 0 Å². The number of halogens is 1. The molecule has 0 bridgehead atoms. The van der Waals surface area contributed by atoms with Crippen LogP contribution >= 0.6 is 23.1 Å². The van der Waals surface area contributed by atoms with Crippen molar-refractivity contribution in [1.82, 2.24) is 14.9 Å². The second kappa shape index (κ2) is 9.45. The highest BCUT2D eigenvalue weighted by Crippen LogP contribution is 2.24. The van der Waals surface area contributed by atoms with Crippen LogP contribution in [-0.4, -0.2) is 27.8 Å². The fraction of sp³-hybridized carbons (Fsp3) is 0.174. The maximum absolute atomic E-state index is 13.8. The summed E-state index contributed by atoms with van der Waals surface area (Å²) < 4.78 is 15.7. The van der Waals surface area contributed by atoms with Crippen LogP contribution in [0.25, 0.3) is 15.9 Å². The lowest BCUT2D eigenvalue weighted by Gasteiger charge is -2.13. The standard InChI is InChI=1S/C23H20FN3O2S2/c1-15-13-17(7-8-18(15)24)27-22(29)21-19(10-12-30-21)26-23(27)31-14-20(28)25-11-9-16-5-3-2-4-6-16/h2-8,10,12-13H,9,11,14H2,1H3,(H,25,28). The van der Waals surface area contributed by atoms with Crippen LogP contribution < -0.4 is 10.9 Å². The highest BCUT2D eigenvalue weighted by Gasteiger charge is 2.16. The highest BCUT2D eigenvalue weighted by molar-refractivity contribution is 7.99. The summed E-state index contributed by atoms with van der Waals surface area (Å²) in [7, 11) is 0. The third kappa shape index (κ3) is 4.86. The van der Waals surface area contributed by atoms with E-state index in [-0.39, 0.29) is 23.0 Å². The van der Waals surface area contributed by atoms with Crippen molar-refractivity contribution in [3.05, 3.63) is 87.3 Å². The molecule has 0 fully saturated rings. The first-order valence-electron chi connectivity index (χ1n) is 9.73. The summed E-state index contributed by atoms with van der Waals surface area (Å²) in [5.74, 6) is -0.353. The van der Waals surface area contributed by atoms with Crippen LogP contribution in [0.3, 0.4) is 0 Å². The maximum Gasteiger partial charge on any atom is 0.276 e. The van der Waals surface area contributed by atoms with Gasteiger partial charge in [-0.05, 0) is 54.1 Å². The average molecular weight is 454 g/mol. The van der Waals surface area contributed by atoms with Crippen molar-refractivity contribution in [2.75, 3.05) is 12.3 Å². The summed E-state index contributed by atoms with van der Waals surface area (Å²) in [6.45, 7) is 2.18. The molecular formula is C23H20FN3O2S2. The zero-order valence-electron chi connectivity index (χ0n) is 16.8. The maximum atomic E-state index is 13.8. The average Bonchev–Trinajstić information content (AvgIpc) is 3.24. The minimum Gasteiger partial charge on any atom is -0.355 e. The number of aryl methyl sites for hydroxylation is 1. The Morgan fingerprint density at radius 3 is 2.77 bits per heavy atom. The number of aromatic nitrogens is 2. The van der Waals surface area contributed by atoms with Crippen LogP contribution in [-0.2, 0) is 11.2 Å². The number of rotatable bonds is 7. The molecule has 0 aliphatic rings. The molecule has 0 saturated carbocycles. The summed E-state index contributed by atoms with van der Waals surface area (Å²) in [5.41, 5.74) is 2.49. The van der Waals surface area contributed by atoms with E-state index >= 15 is 0 Å². The zero-order chi connectivity index (χ0) is 21.8. The van der Waals surface area contributed by atoms with E-state index in [1.165, 1.54) is 33.7 Å². The van der Waals surface area contributed by atoms with Crippen molar-refractivity contribution in [3.63, 3.8) is 0 Å². The fourth-order valence-electron chi connectivity index (χ4n) is 3.16. The third-order valence-corrected chi connectivity index (χ3v) is 6.59. The lowest BCUT2D eigenvalue weighted by atomic mass is 10.1. The summed E-state index contributed by atoms with van der Waals surface area (Å²) >= 11 is 2.50. The first-order valence-corrected chi connectivity index (χ1v) is 11.6. The van der Waals surface area contributed by atoms with Gasteiger partial charge in [-0.25, -0.2) is 9.37 Å². The van der Waals surface area contributed by atoms with E-state index in [4.69, 9.17) is 0 Å². The lowest BCUT2D eigenvalue weighted by Crippen LogP contribution is -2.28. The van der Waals surface area contributed by atoms with Gasteiger partial charge in [0.25, 0.3) is 5.56 Å². The van der Waals surface area contributed by atoms with Crippen molar-refractivity contribution < 1.29 is 9.18 Å². The van der Waals surface area contributed by atoms with Crippen LogP contribution in [0.15, 0.2) is 69.9 Å². The number of nitrogens with one attached hydrogen (secondary N) is 1. The first-order chi connectivity index (χ1) is 15.0. The van der Waals surface area contributed by atoms with Crippen molar-refractivity contribution in [1.29, 1.82) is 0 Å². The summed E-state index contributed by atoms with van der Waals surface area (Å²) in [4.78, 5) is 30.1. The molecule has 2 aromatic carbocycles. The first kappa shape index (κ1) is 21.3. The Morgan fingerprint density at radius 2 is 2.00 bits per heavy atom. The largest absolute Gasteiger partial charge is 0.355 e. The molecule has 2 aromatic heterocycles. The Labute approximate surface area is 187 Å². The molecule has 0 aliphatic carbocycles. The molecule has 0 radical (unpaired) electrons. The quantitative estimate of drug-likeness (QED) is 0.334. The van der Waals surface area contributed by atoms with E-state index in [1.54, 1.807) is 25.1 Å². The van der Waals surface area contributed by atoms with Crippen LogP contribution in [0.2, 0.25) is 0 Å². The Morgan fingerprint density at radius 1 is 1.19 bits per heavy atom. The normalized spacial score (nSPS) is 11.0. The number of fused-ring (bicyclic) bond motifs is 1. The van der Waals surface area contributed by atoms with Gasteiger partial charge in [-0.2, -0.15) is 0 Å². The number of hydrogen-bond donors (Lipinski definition) is 1. The number of benzene rings is 2. The topological polar surface area (TPSA) is 64.0 Å². The molecule has 0 atom stereocenters. The van der Waals surface area contributed by atoms with E-state index in [2.05, 4.69) is 10.3 Å². The van der Waals surface area contributed by atoms with E-state index < -0.39 is 0 Å². The van der Waals surface area contributed by atoms with Crippen molar-refractivity contribution in [2.45, 2.75) is 18.5 Å². The van der Waals surface area contributed by atoms with Crippen LogP contribution in [0.1, 0.15) is 11.1 Å². The minimum absolute atomic E-state index is 0.122. The van der Waals surface area contributed by atoms with Gasteiger partial charge in [0, 0.05) is 6.54 Å². The van der Waals surface area contributed by atoms with E-state index in [9.17, 15) is 14.0 Å². The molecule has 0 spiro atoms. The summed E-state index contributed by atoms with van der Waals surface area (Å²) in [5, 5.41) is 5.11. The van der Waals surface area contributed by atoms with E-state index in [0.29, 0.717) is 33.2 Å². The van der Waals surface area contributed by atoms with Crippen LogP contribution in [0, 0.1) is 12.7 Å². The van der Waals surface area contributed by atoms with Gasteiger partial charge >= 0.3 is 0 Å². The SMILES string of the molecule is Cc1cc(-n2c(SCC(=O)NCCc3ccccc3)nc3ccsc3c2=O)ccc1F. The number of hydrogen-bond acceptors (Lipinski definition) is 5. The Kier molecular flexibility index (Phi) is 6.48. The van der Waals surface area contributed by atoms with Gasteiger partial charge in [0.05, 0.1) is 17.0 Å². The highest BCUT2D eigenvalue weighted by atomic mass is 32.2. The molecule has 4 rings (SSSR count). The predicted molar refractivity (Wildman–Crippen MR) is 124 cm³/mol. The molecule has 1 N–H and O–H groups in total. The molecule has 2 heterocycles. The molecule has 158 valence electrons. The smallest absolute Gasteiger partial charge is 0.276 e. The number of thiophene rings is 1. The number of carbonyl (C=O) groups is 1. The molecule has 5 nitrogen and oxygen atoms in total. The van der Waals surface area contributed by atoms with Gasteiger partial charge in [0.15, 0.2) is 5.16 Å². The molecule has 8 heteroatoms. The summed E-state index contributed by atoms with van der Waals surface area (Å²) in [6.07, 6.45) is 0.746. The second-order valence-corrected chi connectivity index (χ2v) is 8.84. The molecular weight excluding hydrogens is 433 g/mol. The van der Waals surface area contributed by atoms with E-state index in [1.807, 2.05) is 35.7 Å². The Balaban J connectivity index is 1.53. The van der Waals surface area contributed by atoms with Gasteiger partial charge in [-0.15, -0.1) is 11.3 Å². The molecule has 0 aliphatic heterocycles. The molecule has 0 unspecified atom stereocenters. The zero-order valence-corrected chi connectivity index (χ0v) is 18.4. The van der Waals surface area contributed by atoms with Crippen molar-refractivity contribution >= 4 is 39.2 Å².